The zero-order chi connectivity index (χ0) is 14.4. The van der Waals surface area contributed by atoms with Crippen LogP contribution in [0.4, 0.5) is 0 Å². The minimum atomic E-state index is 0.0312. The van der Waals surface area contributed by atoms with Gasteiger partial charge in [0.05, 0.1) is 35.8 Å². The third-order valence-electron chi connectivity index (χ3n) is 2.87. The van der Waals surface area contributed by atoms with E-state index in [1.165, 1.54) is 11.7 Å². The van der Waals surface area contributed by atoms with Gasteiger partial charge in [0.25, 0.3) is 0 Å². The molecule has 0 saturated carbocycles. The van der Waals surface area contributed by atoms with Crippen molar-refractivity contribution in [3.63, 3.8) is 0 Å². The lowest BCUT2D eigenvalue weighted by Gasteiger charge is -2.21. The smallest absolute Gasteiger partial charge is 0.124 e. The number of para-hydroxylation sites is 1. The Bertz CT molecular complexity index is 514. The van der Waals surface area contributed by atoms with Crippen LogP contribution in [0.3, 0.4) is 0 Å². The van der Waals surface area contributed by atoms with Crippen LogP contribution in [0.25, 0.3) is 0 Å². The quantitative estimate of drug-likeness (QED) is 0.849. The molecular formula is C15H21N3OS. The molecule has 108 valence electrons. The first-order valence-electron chi connectivity index (χ1n) is 6.98. The fourth-order valence-electron chi connectivity index (χ4n) is 2.04. The van der Waals surface area contributed by atoms with Crippen LogP contribution < -0.4 is 10.1 Å². The van der Waals surface area contributed by atoms with Gasteiger partial charge in [-0.15, -0.1) is 0 Å². The molecule has 5 heteroatoms. The Kier molecular flexibility index (Phi) is 5.49. The second kappa shape index (κ2) is 7.36. The molecule has 0 saturated heterocycles. The molecule has 0 aliphatic carbocycles. The number of aromatic nitrogens is 2. The Morgan fingerprint density at radius 3 is 2.75 bits per heavy atom. The van der Waals surface area contributed by atoms with Gasteiger partial charge < -0.3 is 10.1 Å². The molecule has 0 fully saturated rings. The van der Waals surface area contributed by atoms with Crippen LogP contribution >= 0.6 is 11.7 Å². The highest BCUT2D eigenvalue weighted by Crippen LogP contribution is 2.30. The van der Waals surface area contributed by atoms with E-state index in [-0.39, 0.29) is 12.1 Å². The van der Waals surface area contributed by atoms with Gasteiger partial charge in [0.2, 0.25) is 0 Å². The number of rotatable bonds is 7. The summed E-state index contributed by atoms with van der Waals surface area (Å²) in [5.74, 6) is 0.907. The summed E-state index contributed by atoms with van der Waals surface area (Å²) < 4.78 is 14.4. The molecule has 1 heterocycles. The van der Waals surface area contributed by atoms with E-state index in [1.807, 2.05) is 38.2 Å². The first-order chi connectivity index (χ1) is 9.72. The molecular weight excluding hydrogens is 270 g/mol. The lowest BCUT2D eigenvalue weighted by Crippen LogP contribution is -2.24. The SMILES string of the molecule is CCCNC(c1cnsn1)c1ccccc1OC(C)C. The van der Waals surface area contributed by atoms with Gasteiger partial charge in [0, 0.05) is 5.56 Å². The molecule has 20 heavy (non-hydrogen) atoms. The number of hydrogen-bond donors (Lipinski definition) is 1. The molecule has 2 aromatic rings. The Hall–Kier alpha value is -1.46. The lowest BCUT2D eigenvalue weighted by atomic mass is 10.0. The highest BCUT2D eigenvalue weighted by Gasteiger charge is 2.20. The fraction of sp³-hybridized carbons (Fsp3) is 0.467. The molecule has 0 radical (unpaired) electrons. The molecule has 0 aliphatic rings. The van der Waals surface area contributed by atoms with E-state index >= 15 is 0 Å². The average molecular weight is 291 g/mol. The van der Waals surface area contributed by atoms with Gasteiger partial charge in [-0.05, 0) is 32.9 Å². The van der Waals surface area contributed by atoms with Gasteiger partial charge in [-0.2, -0.15) is 8.75 Å². The molecule has 1 unspecified atom stereocenters. The first-order valence-corrected chi connectivity index (χ1v) is 7.71. The number of hydrogen-bond acceptors (Lipinski definition) is 5. The maximum atomic E-state index is 5.92. The van der Waals surface area contributed by atoms with E-state index < -0.39 is 0 Å². The zero-order valence-electron chi connectivity index (χ0n) is 12.2. The Balaban J connectivity index is 2.33. The monoisotopic (exact) mass is 291 g/mol. The van der Waals surface area contributed by atoms with Crippen molar-refractivity contribution in [3.8, 4) is 5.75 Å². The molecule has 1 N–H and O–H groups in total. The molecule has 0 amide bonds. The van der Waals surface area contributed by atoms with Crippen molar-refractivity contribution in [2.75, 3.05) is 6.54 Å². The number of ether oxygens (including phenoxy) is 1. The Morgan fingerprint density at radius 2 is 2.10 bits per heavy atom. The summed E-state index contributed by atoms with van der Waals surface area (Å²) in [6, 6.07) is 8.16. The van der Waals surface area contributed by atoms with Crippen molar-refractivity contribution < 1.29 is 4.74 Å². The third kappa shape index (κ3) is 3.77. The Morgan fingerprint density at radius 1 is 1.30 bits per heavy atom. The normalized spacial score (nSPS) is 12.6. The summed E-state index contributed by atoms with van der Waals surface area (Å²) in [7, 11) is 0. The van der Waals surface area contributed by atoms with E-state index in [9.17, 15) is 0 Å². The second-order valence-corrected chi connectivity index (χ2v) is 5.48. The van der Waals surface area contributed by atoms with E-state index in [2.05, 4.69) is 27.1 Å². The minimum Gasteiger partial charge on any atom is -0.491 e. The molecule has 4 nitrogen and oxygen atoms in total. The zero-order valence-corrected chi connectivity index (χ0v) is 13.0. The average Bonchev–Trinajstić information content (AvgIpc) is 2.94. The molecule has 1 atom stereocenters. The largest absolute Gasteiger partial charge is 0.491 e. The molecule has 2 rings (SSSR count). The maximum absolute atomic E-state index is 5.92. The highest BCUT2D eigenvalue weighted by atomic mass is 32.1. The van der Waals surface area contributed by atoms with E-state index in [0.717, 1.165) is 30.0 Å². The summed E-state index contributed by atoms with van der Waals surface area (Å²) in [5, 5.41) is 3.53. The van der Waals surface area contributed by atoms with Gasteiger partial charge in [0.1, 0.15) is 5.75 Å². The van der Waals surface area contributed by atoms with Crippen LogP contribution in [0.2, 0.25) is 0 Å². The van der Waals surface area contributed by atoms with Crippen molar-refractivity contribution >= 4 is 11.7 Å². The molecule has 1 aromatic heterocycles. The van der Waals surface area contributed by atoms with Crippen molar-refractivity contribution in [3.05, 3.63) is 41.7 Å². The molecule has 1 aromatic carbocycles. The van der Waals surface area contributed by atoms with Crippen molar-refractivity contribution in [2.45, 2.75) is 39.3 Å². The van der Waals surface area contributed by atoms with Gasteiger partial charge >= 0.3 is 0 Å². The van der Waals surface area contributed by atoms with Gasteiger partial charge in [-0.3, -0.25) is 0 Å². The minimum absolute atomic E-state index is 0.0312. The summed E-state index contributed by atoms with van der Waals surface area (Å²) in [4.78, 5) is 0. The van der Waals surface area contributed by atoms with E-state index in [4.69, 9.17) is 4.74 Å². The summed E-state index contributed by atoms with van der Waals surface area (Å²) in [5.41, 5.74) is 2.06. The van der Waals surface area contributed by atoms with Crippen LogP contribution in [0.1, 0.15) is 44.5 Å². The molecule has 0 spiro atoms. The standard InChI is InChI=1S/C15H21N3OS/c1-4-9-16-15(13-10-17-20-18-13)12-7-5-6-8-14(12)19-11(2)3/h5-8,10-11,15-16H,4,9H2,1-3H3. The maximum Gasteiger partial charge on any atom is 0.124 e. The highest BCUT2D eigenvalue weighted by molar-refractivity contribution is 6.99. The van der Waals surface area contributed by atoms with Gasteiger partial charge in [-0.1, -0.05) is 25.1 Å². The van der Waals surface area contributed by atoms with Gasteiger partial charge in [-0.25, -0.2) is 0 Å². The van der Waals surface area contributed by atoms with Crippen LogP contribution in [0.5, 0.6) is 5.75 Å². The molecule has 0 aliphatic heterocycles. The second-order valence-electron chi connectivity index (χ2n) is 4.92. The van der Waals surface area contributed by atoms with Crippen LogP contribution in [0.15, 0.2) is 30.5 Å². The number of benzene rings is 1. The predicted molar refractivity (Wildman–Crippen MR) is 82.3 cm³/mol. The van der Waals surface area contributed by atoms with Crippen molar-refractivity contribution in [1.82, 2.24) is 14.1 Å². The van der Waals surface area contributed by atoms with Crippen LogP contribution in [0, 0.1) is 0 Å². The molecule has 0 bridgehead atoms. The topological polar surface area (TPSA) is 47.0 Å². The summed E-state index contributed by atoms with van der Waals surface area (Å²) in [6.07, 6.45) is 3.04. The van der Waals surface area contributed by atoms with Crippen molar-refractivity contribution in [1.29, 1.82) is 0 Å². The van der Waals surface area contributed by atoms with E-state index in [0.29, 0.717) is 0 Å². The predicted octanol–water partition coefficient (Wildman–Crippen LogP) is 3.41. The summed E-state index contributed by atoms with van der Waals surface area (Å²) in [6.45, 7) is 7.16. The van der Waals surface area contributed by atoms with Gasteiger partial charge in [0.15, 0.2) is 0 Å². The third-order valence-corrected chi connectivity index (χ3v) is 3.36. The number of nitrogens with one attached hydrogen (secondary N) is 1. The Labute approximate surface area is 124 Å². The fourth-order valence-corrected chi connectivity index (χ4v) is 2.49. The summed E-state index contributed by atoms with van der Waals surface area (Å²) >= 11 is 1.23. The van der Waals surface area contributed by atoms with Crippen molar-refractivity contribution in [2.24, 2.45) is 0 Å². The number of nitrogens with zero attached hydrogens (tertiary/aromatic N) is 2. The van der Waals surface area contributed by atoms with Crippen LogP contribution in [-0.4, -0.2) is 21.4 Å². The first kappa shape index (κ1) is 14.9. The lowest BCUT2D eigenvalue weighted by molar-refractivity contribution is 0.238. The van der Waals surface area contributed by atoms with E-state index in [1.54, 1.807) is 0 Å². The van der Waals surface area contributed by atoms with Crippen LogP contribution in [-0.2, 0) is 0 Å².